The van der Waals surface area contributed by atoms with Gasteiger partial charge in [0, 0.05) is 17.0 Å². The zero-order valence-electron chi connectivity index (χ0n) is 6.66. The number of ketones is 1. The molecule has 1 aromatic rings. The molecule has 1 aromatic carbocycles. The lowest BCUT2D eigenvalue weighted by Gasteiger charge is -1.95. The maximum atomic E-state index is 11.4. The van der Waals surface area contributed by atoms with Gasteiger partial charge in [0.05, 0.1) is 0 Å². The van der Waals surface area contributed by atoms with Crippen LogP contribution in [0.3, 0.4) is 0 Å². The van der Waals surface area contributed by atoms with Crippen molar-refractivity contribution in [3.8, 4) is 0 Å². The van der Waals surface area contributed by atoms with Gasteiger partial charge in [-0.1, -0.05) is 22.8 Å². The molecule has 1 aliphatic carbocycles. The number of benzene rings is 1. The molecule has 0 amide bonds. The summed E-state index contributed by atoms with van der Waals surface area (Å²) >= 11 is 5.72. The summed E-state index contributed by atoms with van der Waals surface area (Å²) in [7, 11) is 0. The minimum absolute atomic E-state index is 0.215. The lowest BCUT2D eigenvalue weighted by Crippen LogP contribution is -2.11. The van der Waals surface area contributed by atoms with Crippen LogP contribution in [0.5, 0.6) is 0 Å². The lowest BCUT2D eigenvalue weighted by atomic mass is 10.1. The van der Waals surface area contributed by atoms with Crippen molar-refractivity contribution in [2.45, 2.75) is 12.5 Å². The Hall–Kier alpha value is -1.22. The van der Waals surface area contributed by atoms with Crippen LogP contribution >= 0.6 is 11.6 Å². The summed E-state index contributed by atoms with van der Waals surface area (Å²) in [6.07, 6.45) is 0.412. The van der Waals surface area contributed by atoms with Crippen molar-refractivity contribution in [2.75, 3.05) is 0 Å². The van der Waals surface area contributed by atoms with E-state index >= 15 is 0 Å². The summed E-state index contributed by atoms with van der Waals surface area (Å²) in [5.41, 5.74) is 1.40. The summed E-state index contributed by atoms with van der Waals surface area (Å²) in [6.45, 7) is 0. The van der Waals surface area contributed by atoms with Gasteiger partial charge in [-0.2, -0.15) is 4.91 Å². The third-order valence-corrected chi connectivity index (χ3v) is 2.42. The lowest BCUT2D eigenvalue weighted by molar-refractivity contribution is 0.0975. The number of nitrogens with zero attached hydrogens (tertiary/aromatic N) is 1. The van der Waals surface area contributed by atoms with Crippen molar-refractivity contribution in [3.63, 3.8) is 0 Å². The number of hydrogen-bond donors (Lipinski definition) is 0. The molecule has 0 spiro atoms. The van der Waals surface area contributed by atoms with E-state index in [0.29, 0.717) is 17.0 Å². The largest absolute Gasteiger partial charge is 0.292 e. The molecule has 0 heterocycles. The Labute approximate surface area is 79.7 Å². The smallest absolute Gasteiger partial charge is 0.191 e. The highest BCUT2D eigenvalue weighted by Crippen LogP contribution is 2.26. The summed E-state index contributed by atoms with van der Waals surface area (Å²) in [5.74, 6) is -0.215. The van der Waals surface area contributed by atoms with Crippen molar-refractivity contribution in [3.05, 3.63) is 39.3 Å². The number of fused-ring (bicyclic) bond motifs is 1. The highest BCUT2D eigenvalue weighted by atomic mass is 35.5. The molecule has 1 atom stereocenters. The van der Waals surface area contributed by atoms with Crippen molar-refractivity contribution in [2.24, 2.45) is 5.18 Å². The SMILES string of the molecule is O=NC1Cc2ccc(Cl)cc2C1=O. The fraction of sp³-hybridized carbons (Fsp3) is 0.222. The summed E-state index contributed by atoms with van der Waals surface area (Å²) in [6, 6.07) is 4.32. The Morgan fingerprint density at radius 3 is 2.92 bits per heavy atom. The van der Waals surface area contributed by atoms with E-state index in [9.17, 15) is 9.70 Å². The first-order chi connectivity index (χ1) is 6.22. The molecule has 0 bridgehead atoms. The third-order valence-electron chi connectivity index (χ3n) is 2.18. The maximum absolute atomic E-state index is 11.4. The predicted octanol–water partition coefficient (Wildman–Crippen LogP) is 2.21. The topological polar surface area (TPSA) is 46.5 Å². The molecule has 1 aliphatic rings. The van der Waals surface area contributed by atoms with Crippen molar-refractivity contribution >= 4 is 17.4 Å². The molecule has 3 nitrogen and oxygen atoms in total. The van der Waals surface area contributed by atoms with Crippen LogP contribution in [0.25, 0.3) is 0 Å². The zero-order chi connectivity index (χ0) is 9.42. The molecule has 0 saturated heterocycles. The minimum Gasteiger partial charge on any atom is -0.292 e. The highest BCUT2D eigenvalue weighted by Gasteiger charge is 2.31. The van der Waals surface area contributed by atoms with E-state index in [1.165, 1.54) is 0 Å². The molecule has 1 unspecified atom stereocenters. The maximum Gasteiger partial charge on any atom is 0.191 e. The van der Waals surface area contributed by atoms with Gasteiger partial charge >= 0.3 is 0 Å². The second-order valence-electron chi connectivity index (χ2n) is 2.99. The van der Waals surface area contributed by atoms with Crippen LogP contribution in [0.2, 0.25) is 5.02 Å². The first kappa shape index (κ1) is 8.38. The van der Waals surface area contributed by atoms with Crippen molar-refractivity contribution in [1.29, 1.82) is 0 Å². The van der Waals surface area contributed by atoms with Gasteiger partial charge in [-0.3, -0.25) is 4.79 Å². The van der Waals surface area contributed by atoms with Crippen LogP contribution in [-0.2, 0) is 6.42 Å². The minimum atomic E-state index is -0.742. The van der Waals surface area contributed by atoms with E-state index in [2.05, 4.69) is 5.18 Å². The highest BCUT2D eigenvalue weighted by molar-refractivity contribution is 6.31. The molecule has 0 aromatic heterocycles. The Morgan fingerprint density at radius 1 is 1.46 bits per heavy atom. The van der Waals surface area contributed by atoms with Gasteiger partial charge in [0.2, 0.25) is 0 Å². The second kappa shape index (κ2) is 2.92. The summed E-state index contributed by atoms with van der Waals surface area (Å²) < 4.78 is 0. The van der Waals surface area contributed by atoms with Gasteiger partial charge in [-0.15, -0.1) is 0 Å². The second-order valence-corrected chi connectivity index (χ2v) is 3.43. The van der Waals surface area contributed by atoms with Gasteiger partial charge in [0.25, 0.3) is 0 Å². The number of carbonyl (C=O) groups excluding carboxylic acids is 1. The van der Waals surface area contributed by atoms with Gasteiger partial charge < -0.3 is 0 Å². The van der Waals surface area contributed by atoms with Crippen LogP contribution in [0.4, 0.5) is 0 Å². The molecule has 13 heavy (non-hydrogen) atoms. The van der Waals surface area contributed by atoms with Crippen LogP contribution in [0, 0.1) is 4.91 Å². The molecule has 4 heteroatoms. The van der Waals surface area contributed by atoms with Crippen molar-refractivity contribution in [1.82, 2.24) is 0 Å². The summed E-state index contributed by atoms with van der Waals surface area (Å²) in [4.78, 5) is 21.7. The molecule has 0 radical (unpaired) electrons. The molecule has 0 fully saturated rings. The Morgan fingerprint density at radius 2 is 2.23 bits per heavy atom. The zero-order valence-corrected chi connectivity index (χ0v) is 7.41. The Balaban J connectivity index is 2.50. The predicted molar refractivity (Wildman–Crippen MR) is 49.1 cm³/mol. The first-order valence-corrected chi connectivity index (χ1v) is 4.25. The van der Waals surface area contributed by atoms with Gasteiger partial charge in [0.1, 0.15) is 0 Å². The molecule has 66 valence electrons. The first-order valence-electron chi connectivity index (χ1n) is 3.87. The number of carbonyl (C=O) groups is 1. The van der Waals surface area contributed by atoms with Crippen LogP contribution in [0.15, 0.2) is 23.4 Å². The number of Topliss-reactive ketones (excluding diaryl/α,β-unsaturated/α-hetero) is 1. The van der Waals surface area contributed by atoms with E-state index in [1.54, 1.807) is 18.2 Å². The van der Waals surface area contributed by atoms with Crippen LogP contribution in [-0.4, -0.2) is 11.8 Å². The number of hydrogen-bond acceptors (Lipinski definition) is 3. The molecule has 0 saturated carbocycles. The molecular formula is C9H6ClNO2. The van der Waals surface area contributed by atoms with E-state index < -0.39 is 6.04 Å². The van der Waals surface area contributed by atoms with E-state index in [-0.39, 0.29) is 5.78 Å². The monoisotopic (exact) mass is 195 g/mol. The van der Waals surface area contributed by atoms with E-state index in [1.807, 2.05) is 0 Å². The van der Waals surface area contributed by atoms with Gasteiger partial charge in [-0.25, -0.2) is 0 Å². The van der Waals surface area contributed by atoms with E-state index in [4.69, 9.17) is 11.6 Å². The molecule has 2 rings (SSSR count). The third kappa shape index (κ3) is 1.25. The molecule has 0 N–H and O–H groups in total. The van der Waals surface area contributed by atoms with Gasteiger partial charge in [0.15, 0.2) is 11.8 Å². The molecule has 0 aliphatic heterocycles. The number of nitroso groups, excluding NO2 is 1. The average molecular weight is 196 g/mol. The normalized spacial score (nSPS) is 20.1. The number of halogens is 1. The summed E-state index contributed by atoms with van der Waals surface area (Å²) in [5, 5.41) is 3.28. The van der Waals surface area contributed by atoms with Crippen LogP contribution < -0.4 is 0 Å². The fourth-order valence-electron chi connectivity index (χ4n) is 1.52. The average Bonchev–Trinajstić information content (AvgIpc) is 2.44. The van der Waals surface area contributed by atoms with Crippen molar-refractivity contribution < 1.29 is 4.79 Å². The Kier molecular flexibility index (Phi) is 1.88. The van der Waals surface area contributed by atoms with E-state index in [0.717, 1.165) is 5.56 Å². The van der Waals surface area contributed by atoms with Gasteiger partial charge in [-0.05, 0) is 17.7 Å². The Bertz CT molecular complexity index is 389. The van der Waals surface area contributed by atoms with Crippen LogP contribution in [0.1, 0.15) is 15.9 Å². The number of rotatable bonds is 1. The standard InChI is InChI=1S/C9H6ClNO2/c10-6-2-1-5-3-8(11-13)9(12)7(5)4-6/h1-2,4,8H,3H2. The quantitative estimate of drug-likeness (QED) is 0.645. The molecular weight excluding hydrogens is 190 g/mol. The fourth-order valence-corrected chi connectivity index (χ4v) is 1.69.